The van der Waals surface area contributed by atoms with Gasteiger partial charge < -0.3 is 14.8 Å². The van der Waals surface area contributed by atoms with Gasteiger partial charge in [0.15, 0.2) is 6.61 Å². The quantitative estimate of drug-likeness (QED) is 0.836. The third kappa shape index (κ3) is 5.14. The highest BCUT2D eigenvalue weighted by Gasteiger charge is 2.29. The van der Waals surface area contributed by atoms with Crippen molar-refractivity contribution in [2.24, 2.45) is 0 Å². The molecule has 8 heteroatoms. The number of nitrogens with zero attached hydrogens (tertiary/aromatic N) is 1. The van der Waals surface area contributed by atoms with Gasteiger partial charge >= 0.3 is 6.18 Å². The fourth-order valence-electron chi connectivity index (χ4n) is 2.11. The molecule has 2 aromatic rings. The van der Waals surface area contributed by atoms with Crippen molar-refractivity contribution in [1.82, 2.24) is 0 Å². The predicted molar refractivity (Wildman–Crippen MR) is 88.3 cm³/mol. The molecular formula is C18H15F3N2O3. The Hall–Kier alpha value is -3.21. The maximum Gasteiger partial charge on any atom is 0.422 e. The van der Waals surface area contributed by atoms with E-state index in [1.54, 1.807) is 37.3 Å². The predicted octanol–water partition coefficient (Wildman–Crippen LogP) is 4.15. The maximum atomic E-state index is 12.4. The maximum absolute atomic E-state index is 12.4. The summed E-state index contributed by atoms with van der Waals surface area (Å²) >= 11 is 0. The Balaban J connectivity index is 2.18. The van der Waals surface area contributed by atoms with Crippen molar-refractivity contribution in [1.29, 1.82) is 5.26 Å². The van der Waals surface area contributed by atoms with Crippen LogP contribution in [-0.4, -0.2) is 25.3 Å². The zero-order valence-electron chi connectivity index (χ0n) is 13.8. The third-order valence-electron chi connectivity index (χ3n) is 3.18. The number of hydrogen-bond donors (Lipinski definition) is 1. The number of halogens is 3. The monoisotopic (exact) mass is 364 g/mol. The zero-order valence-corrected chi connectivity index (χ0v) is 13.8. The number of anilines is 1. The molecule has 2 rings (SSSR count). The summed E-state index contributed by atoms with van der Waals surface area (Å²) in [6.45, 7) is 0.663. The summed E-state index contributed by atoms with van der Waals surface area (Å²) in [5.74, 6) is -0.280. The van der Waals surface area contributed by atoms with Crippen molar-refractivity contribution in [3.8, 4) is 17.6 Å². The van der Waals surface area contributed by atoms with E-state index in [9.17, 15) is 18.0 Å². The van der Waals surface area contributed by atoms with Crippen LogP contribution in [0.4, 0.5) is 18.9 Å². The lowest BCUT2D eigenvalue weighted by Gasteiger charge is -2.13. The van der Waals surface area contributed by atoms with Crippen molar-refractivity contribution < 1.29 is 27.4 Å². The van der Waals surface area contributed by atoms with Crippen molar-refractivity contribution in [3.05, 3.63) is 53.6 Å². The van der Waals surface area contributed by atoms with Crippen molar-refractivity contribution in [2.75, 3.05) is 18.5 Å². The molecule has 0 saturated heterocycles. The van der Waals surface area contributed by atoms with Gasteiger partial charge in [-0.1, -0.05) is 12.1 Å². The Morgan fingerprint density at radius 3 is 2.54 bits per heavy atom. The highest BCUT2D eigenvalue weighted by atomic mass is 19.4. The molecular weight excluding hydrogens is 349 g/mol. The van der Waals surface area contributed by atoms with E-state index in [4.69, 9.17) is 10.00 Å². The fraction of sp³-hybridized carbons (Fsp3) is 0.222. The molecule has 0 fully saturated rings. The Bertz CT molecular complexity index is 829. The second kappa shape index (κ2) is 8.25. The normalized spacial score (nSPS) is 10.7. The second-order valence-electron chi connectivity index (χ2n) is 5.11. The van der Waals surface area contributed by atoms with Gasteiger partial charge in [-0.3, -0.25) is 4.79 Å². The second-order valence-corrected chi connectivity index (χ2v) is 5.11. The summed E-state index contributed by atoms with van der Waals surface area (Å²) < 4.78 is 46.7. The molecule has 0 aliphatic heterocycles. The number of hydrogen-bond acceptors (Lipinski definition) is 4. The number of carbonyl (C=O) groups excluding carboxylic acids is 1. The van der Waals surface area contributed by atoms with Crippen LogP contribution < -0.4 is 14.8 Å². The molecule has 0 aliphatic rings. The SMILES string of the molecule is CCOc1ccccc1C(=O)Nc1ccc(OCC(F)(F)F)c(C#N)c1. The van der Waals surface area contributed by atoms with E-state index < -0.39 is 18.7 Å². The average Bonchev–Trinajstić information content (AvgIpc) is 2.60. The van der Waals surface area contributed by atoms with Crippen LogP contribution in [0.3, 0.4) is 0 Å². The molecule has 5 nitrogen and oxygen atoms in total. The lowest BCUT2D eigenvalue weighted by molar-refractivity contribution is -0.153. The highest BCUT2D eigenvalue weighted by molar-refractivity contribution is 6.06. The first kappa shape index (κ1) is 19.1. The van der Waals surface area contributed by atoms with Gasteiger partial charge in [-0.2, -0.15) is 18.4 Å². The molecule has 0 atom stereocenters. The van der Waals surface area contributed by atoms with E-state index in [-0.39, 0.29) is 17.0 Å². The largest absolute Gasteiger partial charge is 0.493 e. The van der Waals surface area contributed by atoms with Gasteiger partial charge in [0.25, 0.3) is 5.91 Å². The average molecular weight is 364 g/mol. The Labute approximate surface area is 148 Å². The molecule has 1 N–H and O–H groups in total. The van der Waals surface area contributed by atoms with E-state index in [1.807, 2.05) is 0 Å². The molecule has 0 radical (unpaired) electrons. The first-order valence-corrected chi connectivity index (χ1v) is 7.61. The molecule has 0 spiro atoms. The Morgan fingerprint density at radius 2 is 1.88 bits per heavy atom. The van der Waals surface area contributed by atoms with E-state index >= 15 is 0 Å². The van der Waals surface area contributed by atoms with Crippen LogP contribution in [0, 0.1) is 11.3 Å². The van der Waals surface area contributed by atoms with E-state index in [2.05, 4.69) is 10.1 Å². The fourth-order valence-corrected chi connectivity index (χ4v) is 2.11. The van der Waals surface area contributed by atoms with Crippen LogP contribution in [0.2, 0.25) is 0 Å². The van der Waals surface area contributed by atoms with Crippen LogP contribution in [0.5, 0.6) is 11.5 Å². The number of para-hydroxylation sites is 1. The molecule has 0 aliphatic carbocycles. The molecule has 1 amide bonds. The van der Waals surface area contributed by atoms with E-state index in [0.29, 0.717) is 17.9 Å². The smallest absolute Gasteiger partial charge is 0.422 e. The summed E-state index contributed by atoms with van der Waals surface area (Å²) in [7, 11) is 0. The van der Waals surface area contributed by atoms with Crippen LogP contribution in [-0.2, 0) is 0 Å². The third-order valence-corrected chi connectivity index (χ3v) is 3.18. The number of alkyl halides is 3. The van der Waals surface area contributed by atoms with Crippen LogP contribution in [0.15, 0.2) is 42.5 Å². The minimum atomic E-state index is -4.51. The van der Waals surface area contributed by atoms with Gasteiger partial charge in [-0.25, -0.2) is 0 Å². The Kier molecular flexibility index (Phi) is 6.07. The molecule has 26 heavy (non-hydrogen) atoms. The van der Waals surface area contributed by atoms with E-state index in [1.165, 1.54) is 18.2 Å². The van der Waals surface area contributed by atoms with Gasteiger partial charge in [-0.15, -0.1) is 0 Å². The summed E-state index contributed by atoms with van der Waals surface area (Å²) in [5, 5.41) is 11.7. The number of carbonyl (C=O) groups is 1. The summed E-state index contributed by atoms with van der Waals surface area (Å²) in [5.41, 5.74) is 0.424. The van der Waals surface area contributed by atoms with Crippen LogP contribution >= 0.6 is 0 Å². The molecule has 0 heterocycles. The minimum Gasteiger partial charge on any atom is -0.493 e. The van der Waals surface area contributed by atoms with Crippen LogP contribution in [0.25, 0.3) is 0 Å². The van der Waals surface area contributed by atoms with Gasteiger partial charge in [0.1, 0.15) is 17.6 Å². The number of nitrogens with one attached hydrogen (secondary N) is 1. The van der Waals surface area contributed by atoms with Gasteiger partial charge in [0, 0.05) is 5.69 Å². The standard InChI is InChI=1S/C18H15F3N2O3/c1-2-25-16-6-4-3-5-14(16)17(24)23-13-7-8-15(12(9-13)10-22)26-11-18(19,20)21/h3-9H,2,11H2,1H3,(H,23,24). The first-order valence-electron chi connectivity index (χ1n) is 7.61. The van der Waals surface area contributed by atoms with E-state index in [0.717, 1.165) is 0 Å². The highest BCUT2D eigenvalue weighted by Crippen LogP contribution is 2.26. The summed E-state index contributed by atoms with van der Waals surface area (Å²) in [6, 6.07) is 12.2. The summed E-state index contributed by atoms with van der Waals surface area (Å²) in [6.07, 6.45) is -4.51. The zero-order chi connectivity index (χ0) is 19.2. The molecule has 2 aromatic carbocycles. The topological polar surface area (TPSA) is 71.3 Å². The van der Waals surface area contributed by atoms with Crippen LogP contribution in [0.1, 0.15) is 22.8 Å². The number of ether oxygens (including phenoxy) is 2. The van der Waals surface area contributed by atoms with Gasteiger partial charge in [0.05, 0.1) is 17.7 Å². The van der Waals surface area contributed by atoms with Gasteiger partial charge in [-0.05, 0) is 37.3 Å². The number of rotatable bonds is 6. The van der Waals surface area contributed by atoms with Crippen molar-refractivity contribution in [3.63, 3.8) is 0 Å². The number of benzene rings is 2. The van der Waals surface area contributed by atoms with Crippen molar-refractivity contribution >= 4 is 11.6 Å². The molecule has 0 unspecified atom stereocenters. The Morgan fingerprint density at radius 1 is 1.15 bits per heavy atom. The lowest BCUT2D eigenvalue weighted by Crippen LogP contribution is -2.19. The first-order chi connectivity index (χ1) is 12.3. The molecule has 136 valence electrons. The number of nitriles is 1. The molecule has 0 bridgehead atoms. The summed E-state index contributed by atoms with van der Waals surface area (Å²) in [4.78, 5) is 12.4. The lowest BCUT2D eigenvalue weighted by atomic mass is 10.1. The molecule has 0 saturated carbocycles. The van der Waals surface area contributed by atoms with Crippen molar-refractivity contribution in [2.45, 2.75) is 13.1 Å². The molecule has 0 aromatic heterocycles. The number of amides is 1. The van der Waals surface area contributed by atoms with Gasteiger partial charge in [0.2, 0.25) is 0 Å². The minimum absolute atomic E-state index is 0.120.